The van der Waals surface area contributed by atoms with Gasteiger partial charge in [0.05, 0.1) is 0 Å². The molecule has 0 aromatic carbocycles. The van der Waals surface area contributed by atoms with E-state index in [2.05, 4.69) is 9.14 Å². The molecule has 0 aliphatic carbocycles. The number of carbonyl (C=O) groups is 1. The summed E-state index contributed by atoms with van der Waals surface area (Å²) in [5.74, 6) is -0.205. The first kappa shape index (κ1) is 25.5. The van der Waals surface area contributed by atoms with Crippen LogP contribution in [0.2, 0.25) is 0 Å². The van der Waals surface area contributed by atoms with Crippen molar-refractivity contribution in [1.29, 1.82) is 5.26 Å². The van der Waals surface area contributed by atoms with E-state index in [1.54, 1.807) is 26.8 Å². The van der Waals surface area contributed by atoms with Crippen molar-refractivity contribution >= 4 is 26.4 Å². The monoisotopic (exact) mass is 426 g/mol. The Kier molecular flexibility index (Phi) is 9.13. The summed E-state index contributed by atoms with van der Waals surface area (Å²) in [6.45, 7) is 5.16. The second-order valence-corrected chi connectivity index (χ2v) is 8.74. The molecule has 0 aliphatic rings. The molecule has 2 heterocycles. The predicted molar refractivity (Wildman–Crippen MR) is 85.6 cm³/mol. The molecular formula is C14H15N2NaO8S2. The number of hydrogen-bond donors (Lipinski definition) is 1. The van der Waals surface area contributed by atoms with Crippen LogP contribution >= 0.6 is 0 Å². The zero-order chi connectivity index (χ0) is 20.2. The van der Waals surface area contributed by atoms with Crippen molar-refractivity contribution < 1.29 is 64.6 Å². The number of furan rings is 2. The molecule has 0 atom stereocenters. The second-order valence-electron chi connectivity index (χ2n) is 5.81. The van der Waals surface area contributed by atoms with E-state index in [1.807, 2.05) is 0 Å². The first-order chi connectivity index (χ1) is 11.8. The number of nitrogens with one attached hydrogen (secondary N) is 1. The van der Waals surface area contributed by atoms with Crippen LogP contribution in [0.5, 0.6) is 0 Å². The van der Waals surface area contributed by atoms with Gasteiger partial charge in [0.1, 0.15) is 6.07 Å². The summed E-state index contributed by atoms with van der Waals surface area (Å²) in [7, 11) is -8.24. The quantitative estimate of drug-likeness (QED) is 0.337. The first-order valence-corrected chi connectivity index (χ1v) is 9.72. The van der Waals surface area contributed by atoms with Crippen molar-refractivity contribution in [3.63, 3.8) is 0 Å². The standard InChI is InChI=1S/C9H12N2O3S.C5H4O5S.Na/c1-9(2,3)11-15(12,13)8-5-4-7(6-10)14-8;6-3-4-1-2-5(10-4)11(7,8)9;/h4-5,11H,1-3H3;1-3H,(H,7,8,9);/q;;+1/p-1. The van der Waals surface area contributed by atoms with Crippen LogP contribution in [0.4, 0.5) is 0 Å². The maximum Gasteiger partial charge on any atom is 1.00 e. The molecule has 27 heavy (non-hydrogen) atoms. The molecule has 0 radical (unpaired) electrons. The maximum absolute atomic E-state index is 11.7. The Balaban J connectivity index is 0.000000504. The molecule has 2 aromatic heterocycles. The molecule has 2 rings (SSSR count). The van der Waals surface area contributed by atoms with Gasteiger partial charge in [-0.3, -0.25) is 4.79 Å². The molecule has 0 fully saturated rings. The predicted octanol–water partition coefficient (Wildman–Crippen LogP) is -1.77. The number of aldehydes is 1. The third kappa shape index (κ3) is 8.39. The van der Waals surface area contributed by atoms with Crippen molar-refractivity contribution in [2.24, 2.45) is 0 Å². The fourth-order valence-electron chi connectivity index (χ4n) is 1.51. The Labute approximate surface area is 178 Å². The fraction of sp³-hybridized carbons (Fsp3) is 0.286. The summed E-state index contributed by atoms with van der Waals surface area (Å²) < 4.78 is 65.5. The molecule has 2 aromatic rings. The van der Waals surface area contributed by atoms with Crippen LogP contribution in [-0.2, 0) is 20.1 Å². The van der Waals surface area contributed by atoms with Gasteiger partial charge in [-0.15, -0.1) is 0 Å². The number of hydrogen-bond acceptors (Lipinski definition) is 9. The van der Waals surface area contributed by atoms with Crippen LogP contribution in [-0.4, -0.2) is 33.2 Å². The van der Waals surface area contributed by atoms with Crippen LogP contribution in [0.25, 0.3) is 0 Å². The summed E-state index contributed by atoms with van der Waals surface area (Å²) in [6, 6.07) is 6.34. The van der Waals surface area contributed by atoms with Gasteiger partial charge in [0.2, 0.25) is 15.9 Å². The van der Waals surface area contributed by atoms with Gasteiger partial charge >= 0.3 is 29.6 Å². The van der Waals surface area contributed by atoms with E-state index in [4.69, 9.17) is 9.68 Å². The molecular weight excluding hydrogens is 411 g/mol. The van der Waals surface area contributed by atoms with Crippen LogP contribution < -0.4 is 34.3 Å². The molecule has 0 saturated heterocycles. The smallest absolute Gasteiger partial charge is 0.742 e. The van der Waals surface area contributed by atoms with Crippen molar-refractivity contribution in [3.8, 4) is 6.07 Å². The Bertz CT molecular complexity index is 1020. The maximum atomic E-state index is 11.7. The molecule has 0 unspecified atom stereocenters. The van der Waals surface area contributed by atoms with Crippen LogP contribution in [0.15, 0.2) is 43.3 Å². The summed E-state index contributed by atoms with van der Waals surface area (Å²) in [5, 5.41) is 7.51. The van der Waals surface area contributed by atoms with Gasteiger partial charge in [-0.1, -0.05) is 0 Å². The van der Waals surface area contributed by atoms with E-state index in [0.29, 0.717) is 6.29 Å². The van der Waals surface area contributed by atoms with E-state index >= 15 is 0 Å². The van der Waals surface area contributed by atoms with Crippen molar-refractivity contribution in [3.05, 3.63) is 35.8 Å². The number of nitriles is 1. The zero-order valence-corrected chi connectivity index (χ0v) is 18.5. The average molecular weight is 426 g/mol. The molecule has 142 valence electrons. The summed E-state index contributed by atoms with van der Waals surface area (Å²) in [5.41, 5.74) is -0.585. The molecule has 0 saturated carbocycles. The number of nitrogens with zero attached hydrogens (tertiary/aromatic N) is 1. The van der Waals surface area contributed by atoms with E-state index in [1.165, 1.54) is 12.1 Å². The van der Waals surface area contributed by atoms with Crippen LogP contribution in [0, 0.1) is 11.3 Å². The number of rotatable bonds is 4. The third-order valence-electron chi connectivity index (χ3n) is 2.36. The van der Waals surface area contributed by atoms with Gasteiger partial charge in [0.25, 0.3) is 10.0 Å². The molecule has 1 N–H and O–H groups in total. The van der Waals surface area contributed by atoms with Gasteiger partial charge in [-0.25, -0.2) is 21.6 Å². The Hall–Kier alpha value is -1.46. The normalized spacial score (nSPS) is 11.5. The molecule has 0 bridgehead atoms. The Morgan fingerprint density at radius 3 is 1.96 bits per heavy atom. The summed E-state index contributed by atoms with van der Waals surface area (Å²) >= 11 is 0. The first-order valence-electron chi connectivity index (χ1n) is 6.83. The van der Waals surface area contributed by atoms with Gasteiger partial charge in [-0.2, -0.15) is 5.26 Å². The van der Waals surface area contributed by atoms with E-state index in [-0.39, 0.29) is 46.2 Å². The van der Waals surface area contributed by atoms with Gasteiger partial charge in [0.15, 0.2) is 22.2 Å². The van der Waals surface area contributed by atoms with Crippen LogP contribution in [0.3, 0.4) is 0 Å². The summed E-state index contributed by atoms with van der Waals surface area (Å²) in [6.07, 6.45) is 0.314. The number of sulfonamides is 1. The largest absolute Gasteiger partial charge is 1.00 e. The van der Waals surface area contributed by atoms with E-state index < -0.39 is 30.8 Å². The molecule has 10 nitrogen and oxygen atoms in total. The fourth-order valence-corrected chi connectivity index (χ4v) is 3.30. The molecule has 0 amide bonds. The van der Waals surface area contributed by atoms with E-state index in [9.17, 15) is 26.2 Å². The van der Waals surface area contributed by atoms with Crippen LogP contribution in [0.1, 0.15) is 37.1 Å². The molecule has 13 heteroatoms. The van der Waals surface area contributed by atoms with Crippen molar-refractivity contribution in [2.75, 3.05) is 0 Å². The minimum absolute atomic E-state index is 0. The Morgan fingerprint density at radius 1 is 1.07 bits per heavy atom. The van der Waals surface area contributed by atoms with Crippen molar-refractivity contribution in [1.82, 2.24) is 4.72 Å². The third-order valence-corrected chi connectivity index (χ3v) is 4.70. The minimum Gasteiger partial charge on any atom is -0.742 e. The topological polar surface area (TPSA) is 171 Å². The summed E-state index contributed by atoms with van der Waals surface area (Å²) in [4.78, 5) is 9.96. The van der Waals surface area contributed by atoms with Gasteiger partial charge < -0.3 is 13.4 Å². The minimum atomic E-state index is -4.57. The molecule has 0 spiro atoms. The SMILES string of the molecule is CC(C)(C)NS(=O)(=O)c1ccc(C#N)o1.O=Cc1ccc(S(=O)(=O)[O-])o1.[Na+]. The number of carbonyl (C=O) groups excluding carboxylic acids is 1. The zero-order valence-electron chi connectivity index (χ0n) is 14.9. The average Bonchev–Trinajstić information content (AvgIpc) is 3.14. The van der Waals surface area contributed by atoms with Crippen molar-refractivity contribution in [2.45, 2.75) is 36.5 Å². The Morgan fingerprint density at radius 2 is 1.63 bits per heavy atom. The van der Waals surface area contributed by atoms with E-state index in [0.717, 1.165) is 12.1 Å². The van der Waals surface area contributed by atoms with Gasteiger partial charge in [-0.05, 0) is 45.0 Å². The molecule has 0 aliphatic heterocycles. The van der Waals surface area contributed by atoms with Gasteiger partial charge in [0, 0.05) is 5.54 Å². The second kappa shape index (κ2) is 9.65.